The van der Waals surface area contributed by atoms with Crippen LogP contribution in [0.3, 0.4) is 0 Å². The number of rotatable bonds is 3. The summed E-state index contributed by atoms with van der Waals surface area (Å²) >= 11 is 0. The SMILES string of the molecule is NCCNOC(=O)C(=O)[O-].[Ag+]. The van der Waals surface area contributed by atoms with Crippen LogP contribution >= 0.6 is 0 Å². The zero-order chi connectivity index (χ0) is 7.98. The molecule has 0 saturated carbocycles. The van der Waals surface area contributed by atoms with Gasteiger partial charge in [0.1, 0.15) is 0 Å². The van der Waals surface area contributed by atoms with E-state index >= 15 is 0 Å². The Kier molecular flexibility index (Phi) is 9.25. The number of carboxylic acids is 1. The summed E-state index contributed by atoms with van der Waals surface area (Å²) in [6.45, 7) is 0.458. The molecule has 68 valence electrons. The van der Waals surface area contributed by atoms with Gasteiger partial charge in [0.2, 0.25) is 0 Å². The van der Waals surface area contributed by atoms with Crippen LogP contribution in [0.25, 0.3) is 0 Å². The summed E-state index contributed by atoms with van der Waals surface area (Å²) < 4.78 is 0. The van der Waals surface area contributed by atoms with Crippen LogP contribution in [0, 0.1) is 0 Å². The number of nitrogens with two attached hydrogens (primary N) is 1. The van der Waals surface area contributed by atoms with Gasteiger partial charge in [-0.25, -0.2) is 4.79 Å². The molecule has 0 aromatic rings. The van der Waals surface area contributed by atoms with Crippen LogP contribution in [0.15, 0.2) is 0 Å². The van der Waals surface area contributed by atoms with Crippen LogP contribution in [0.5, 0.6) is 0 Å². The Balaban J connectivity index is 0. The number of hydrogen-bond acceptors (Lipinski definition) is 6. The van der Waals surface area contributed by atoms with Crippen molar-refractivity contribution >= 4 is 11.9 Å². The van der Waals surface area contributed by atoms with Crippen molar-refractivity contribution in [2.45, 2.75) is 0 Å². The Hall–Kier alpha value is -0.400. The molecule has 0 heterocycles. The minimum atomic E-state index is -1.88. The first kappa shape index (κ1) is 13.2. The zero-order valence-corrected chi connectivity index (χ0v) is 6.91. The predicted octanol–water partition coefficient (Wildman–Crippen LogP) is -3.26. The van der Waals surface area contributed by atoms with Gasteiger partial charge in [0.05, 0.1) is 0 Å². The second-order valence-corrected chi connectivity index (χ2v) is 1.36. The smallest absolute Gasteiger partial charge is 0.539 e. The van der Waals surface area contributed by atoms with Gasteiger partial charge >= 0.3 is 28.3 Å². The first-order valence-corrected chi connectivity index (χ1v) is 2.53. The van der Waals surface area contributed by atoms with Gasteiger partial charge in [0.15, 0.2) is 5.97 Å². The molecule has 3 N–H and O–H groups in total. The number of hydrogen-bond donors (Lipinski definition) is 2. The standard InChI is InChI=1S/C4H8N2O4.Ag/c5-1-2-6-10-4(9)3(7)8;/h6H,1-2,5H2,(H,7,8);/q;+1/p-1. The third-order valence-corrected chi connectivity index (χ3v) is 0.578. The van der Waals surface area contributed by atoms with Crippen LogP contribution in [0.1, 0.15) is 0 Å². The fourth-order valence-electron chi connectivity index (χ4n) is 0.217. The fraction of sp³-hybridized carbons (Fsp3) is 0.500. The molecule has 0 rings (SSSR count). The van der Waals surface area contributed by atoms with Crippen molar-refractivity contribution < 1.29 is 41.9 Å². The molecule has 0 unspecified atom stereocenters. The van der Waals surface area contributed by atoms with E-state index in [0.717, 1.165) is 0 Å². The van der Waals surface area contributed by atoms with Gasteiger partial charge in [-0.1, -0.05) is 0 Å². The van der Waals surface area contributed by atoms with Crippen molar-refractivity contribution in [3.63, 3.8) is 0 Å². The first-order chi connectivity index (χ1) is 4.68. The van der Waals surface area contributed by atoms with Crippen LogP contribution < -0.4 is 16.3 Å². The van der Waals surface area contributed by atoms with E-state index in [1.165, 1.54) is 0 Å². The van der Waals surface area contributed by atoms with Gasteiger partial charge in [0, 0.05) is 13.1 Å². The van der Waals surface area contributed by atoms with Gasteiger partial charge in [-0.2, -0.15) is 5.48 Å². The van der Waals surface area contributed by atoms with Gasteiger partial charge in [0.25, 0.3) is 0 Å². The number of carboxylic acid groups (broad SMARTS) is 1. The van der Waals surface area contributed by atoms with Crippen molar-refractivity contribution in [3.8, 4) is 0 Å². The minimum Gasteiger partial charge on any atom is -0.539 e. The molecule has 0 aliphatic rings. The van der Waals surface area contributed by atoms with Crippen LogP contribution in [-0.2, 0) is 36.8 Å². The molecule has 0 saturated heterocycles. The van der Waals surface area contributed by atoms with Gasteiger partial charge in [-0.05, 0) is 0 Å². The van der Waals surface area contributed by atoms with Crippen LogP contribution in [-0.4, -0.2) is 25.0 Å². The Morgan fingerprint density at radius 2 is 2.09 bits per heavy atom. The largest absolute Gasteiger partial charge is 1.00 e. The molecule has 11 heavy (non-hydrogen) atoms. The monoisotopic (exact) mass is 254 g/mol. The van der Waals surface area contributed by atoms with E-state index in [9.17, 15) is 14.7 Å². The normalized spacial score (nSPS) is 8.09. The Morgan fingerprint density at radius 1 is 1.55 bits per heavy atom. The van der Waals surface area contributed by atoms with E-state index in [4.69, 9.17) is 5.73 Å². The van der Waals surface area contributed by atoms with Gasteiger partial charge < -0.3 is 20.5 Å². The zero-order valence-electron chi connectivity index (χ0n) is 5.43. The van der Waals surface area contributed by atoms with Crippen LogP contribution in [0.4, 0.5) is 0 Å². The van der Waals surface area contributed by atoms with E-state index < -0.39 is 11.9 Å². The number of carbonyl (C=O) groups is 2. The molecule has 0 fully saturated rings. The molecule has 0 radical (unpaired) electrons. The molecule has 6 nitrogen and oxygen atoms in total. The molecule has 0 spiro atoms. The number of carbonyl (C=O) groups excluding carboxylic acids is 2. The number of hydroxylamine groups is 1. The molecule has 0 bridgehead atoms. The van der Waals surface area contributed by atoms with Crippen molar-refractivity contribution in [2.24, 2.45) is 5.73 Å². The first-order valence-electron chi connectivity index (χ1n) is 2.53. The van der Waals surface area contributed by atoms with Crippen molar-refractivity contribution in [3.05, 3.63) is 0 Å². The second kappa shape index (κ2) is 7.70. The molecule has 0 amide bonds. The van der Waals surface area contributed by atoms with Crippen molar-refractivity contribution in [2.75, 3.05) is 13.1 Å². The molecule has 0 aromatic carbocycles. The Morgan fingerprint density at radius 3 is 2.45 bits per heavy atom. The quantitative estimate of drug-likeness (QED) is 0.237. The molecule has 0 aliphatic heterocycles. The summed E-state index contributed by atoms with van der Waals surface area (Å²) in [4.78, 5) is 23.6. The number of aliphatic carboxylic acids is 1. The molecular formula is C4H7AgN2O4. The summed E-state index contributed by atoms with van der Waals surface area (Å²) in [6.07, 6.45) is 0. The van der Waals surface area contributed by atoms with Crippen LogP contribution in [0.2, 0.25) is 0 Å². The third kappa shape index (κ3) is 7.50. The topological polar surface area (TPSA) is 104 Å². The third-order valence-electron chi connectivity index (χ3n) is 0.578. The number of nitrogens with one attached hydrogen (secondary N) is 1. The molecule has 0 aromatic heterocycles. The van der Waals surface area contributed by atoms with Crippen molar-refractivity contribution in [1.82, 2.24) is 5.48 Å². The molecular weight excluding hydrogens is 248 g/mol. The van der Waals surface area contributed by atoms with E-state index in [-0.39, 0.29) is 35.5 Å². The maximum Gasteiger partial charge on any atom is 1.00 e. The van der Waals surface area contributed by atoms with Crippen molar-refractivity contribution in [1.29, 1.82) is 0 Å². The molecule has 0 aliphatic carbocycles. The fourth-order valence-corrected chi connectivity index (χ4v) is 0.217. The maximum absolute atomic E-state index is 10.0. The second-order valence-electron chi connectivity index (χ2n) is 1.36. The average molecular weight is 255 g/mol. The minimum absolute atomic E-state index is 0. The molecule has 0 atom stereocenters. The van der Waals surface area contributed by atoms with E-state index in [1.54, 1.807) is 0 Å². The maximum atomic E-state index is 10.0. The average Bonchev–Trinajstić information content (AvgIpc) is 1.88. The predicted molar refractivity (Wildman–Crippen MR) is 28.2 cm³/mol. The molecule has 7 heteroatoms. The summed E-state index contributed by atoms with van der Waals surface area (Å²) in [5.74, 6) is -3.34. The Labute approximate surface area is 78.5 Å². The van der Waals surface area contributed by atoms with Gasteiger partial charge in [-0.15, -0.1) is 0 Å². The summed E-state index contributed by atoms with van der Waals surface area (Å²) in [6, 6.07) is 0. The van der Waals surface area contributed by atoms with Gasteiger partial charge in [-0.3, -0.25) is 0 Å². The summed E-state index contributed by atoms with van der Waals surface area (Å²) in [5.41, 5.74) is 6.99. The van der Waals surface area contributed by atoms with E-state index in [1.807, 2.05) is 5.48 Å². The summed E-state index contributed by atoms with van der Waals surface area (Å²) in [5, 5.41) is 9.64. The van der Waals surface area contributed by atoms with E-state index in [2.05, 4.69) is 4.84 Å². The Bertz CT molecular complexity index is 140. The summed E-state index contributed by atoms with van der Waals surface area (Å²) in [7, 11) is 0. The van der Waals surface area contributed by atoms with E-state index in [0.29, 0.717) is 0 Å².